The summed E-state index contributed by atoms with van der Waals surface area (Å²) in [6.07, 6.45) is 0. The quantitative estimate of drug-likeness (QED) is 0.132. The van der Waals surface area contributed by atoms with Crippen molar-refractivity contribution in [3.05, 3.63) is 261 Å². The Hall–Kier alpha value is -10.6. The SMILES string of the molecule is c1ccc2c(c1)C1=NC2=Nc2c3ccccc3c3[n]2[Bi]2([n]4c5c6ccccc6c4N=C4N=C(N=c6c7ccccc7c([n]62)=NC2=NC(=N5)c5ccccc52)c2ccccc24)[n]2c(c4ccccc4c2=NC2=NC(=N3)c3ccccc32)=N1. The Balaban J connectivity index is 1.19. The zero-order chi connectivity index (χ0) is 52.4. The van der Waals surface area contributed by atoms with E-state index in [0.29, 0.717) is 91.9 Å². The number of rotatable bonds is 0. The molecule has 12 bridgehead atoms. The van der Waals surface area contributed by atoms with E-state index >= 15 is 0 Å². The fourth-order valence-corrected chi connectivity index (χ4v) is 29.9. The van der Waals surface area contributed by atoms with E-state index < -0.39 is 21.4 Å². The van der Waals surface area contributed by atoms with Crippen molar-refractivity contribution in [2.75, 3.05) is 0 Å². The molecule has 4 aromatic heterocycles. The molecule has 1 spiro atoms. The van der Waals surface area contributed by atoms with E-state index in [0.717, 1.165) is 87.6 Å². The van der Waals surface area contributed by atoms with Crippen molar-refractivity contribution in [2.45, 2.75) is 0 Å². The second-order valence-corrected chi connectivity index (χ2v) is 31.1. The average Bonchev–Trinajstić information content (AvgIpc) is 3.09. The molecule has 1 radical (unpaired) electrons. The van der Waals surface area contributed by atoms with Crippen LogP contribution in [0.1, 0.15) is 44.5 Å². The maximum absolute atomic E-state index is 6.62. The summed E-state index contributed by atoms with van der Waals surface area (Å²) in [5.74, 6) is 6.55. The van der Waals surface area contributed by atoms with E-state index in [1.807, 2.05) is 48.5 Å². The van der Waals surface area contributed by atoms with Crippen LogP contribution >= 0.6 is 0 Å². The van der Waals surface area contributed by atoms with Gasteiger partial charge in [-0.15, -0.1) is 0 Å². The topological polar surface area (TPSA) is 168 Å². The fraction of sp³-hybridized carbons (Fsp3) is 0. The van der Waals surface area contributed by atoms with Crippen LogP contribution in [-0.2, 0) is 0 Å². The van der Waals surface area contributed by atoms with Crippen molar-refractivity contribution in [3.63, 3.8) is 0 Å². The summed E-state index contributed by atoms with van der Waals surface area (Å²) in [5.41, 5.74) is 9.26. The summed E-state index contributed by atoms with van der Waals surface area (Å²) in [6, 6.07) is 66.6. The van der Waals surface area contributed by atoms with Crippen LogP contribution in [0.15, 0.2) is 254 Å². The molecule has 0 amide bonds. The molecule has 8 aliphatic heterocycles. The molecule has 0 fully saturated rings. The van der Waals surface area contributed by atoms with Crippen molar-refractivity contribution >= 4 is 134 Å². The summed E-state index contributed by atoms with van der Waals surface area (Å²) in [7, 11) is 0. The van der Waals surface area contributed by atoms with Gasteiger partial charge < -0.3 is 0 Å². The van der Waals surface area contributed by atoms with Gasteiger partial charge in [-0.2, -0.15) is 0 Å². The molecule has 373 valence electrons. The molecule has 0 aliphatic carbocycles. The number of aromatic nitrogens is 4. The Morgan fingerprint density at radius 2 is 0.370 bits per heavy atom. The number of nitrogens with zero attached hydrogens (tertiary/aromatic N) is 16. The Morgan fingerprint density at radius 3 is 0.593 bits per heavy atom. The van der Waals surface area contributed by atoms with E-state index in [9.17, 15) is 0 Å². The number of benzene rings is 8. The molecule has 16 nitrogen and oxygen atoms in total. The van der Waals surface area contributed by atoms with E-state index in [4.69, 9.17) is 59.9 Å². The van der Waals surface area contributed by atoms with E-state index in [2.05, 4.69) is 156 Å². The van der Waals surface area contributed by atoms with Gasteiger partial charge in [0.25, 0.3) is 0 Å². The van der Waals surface area contributed by atoms with Crippen LogP contribution in [0.5, 0.6) is 0 Å². The summed E-state index contributed by atoms with van der Waals surface area (Å²) in [6.45, 7) is 0. The molecule has 17 heteroatoms. The molecule has 8 aromatic carbocycles. The Kier molecular flexibility index (Phi) is 7.81. The van der Waals surface area contributed by atoms with E-state index in [1.54, 1.807) is 0 Å². The van der Waals surface area contributed by atoms with Crippen molar-refractivity contribution in [1.29, 1.82) is 0 Å². The molecule has 20 rings (SSSR count). The molecule has 0 saturated carbocycles. The molecule has 0 saturated heterocycles. The standard InChI is InChI=1S/2C32H16N8.Bi/c2*1-2-10-18-17(9-1)25-33-26(18)38-28-21-13-5-6-14-22(21)30(35-28)40-32-24-16-8-7-15-23(24)31(36-32)39-29-20-12-4-3-11-19(20)27(34-29)37-25;/h2*1-16H;/q2*-2;+4. The van der Waals surface area contributed by atoms with Gasteiger partial charge >= 0.3 is 465 Å². The summed E-state index contributed by atoms with van der Waals surface area (Å²) in [4.78, 5) is 69.4. The number of amidine groups is 8. The normalized spacial score (nSPS) is 17.7. The van der Waals surface area contributed by atoms with Gasteiger partial charge in [-0.3, -0.25) is 0 Å². The number of fused-ring (bicyclic) bond motifs is 28. The molecule has 0 unspecified atom stereocenters. The Morgan fingerprint density at radius 1 is 0.185 bits per heavy atom. The van der Waals surface area contributed by atoms with Crippen LogP contribution in [0.3, 0.4) is 0 Å². The van der Waals surface area contributed by atoms with E-state index in [1.165, 1.54) is 0 Å². The third kappa shape index (κ3) is 5.23. The molecule has 0 N–H and O–H groups in total. The van der Waals surface area contributed by atoms with Gasteiger partial charge in [-0.25, -0.2) is 0 Å². The summed E-state index contributed by atoms with van der Waals surface area (Å²) >= 11 is -6.62. The number of aliphatic imine (C=N–C) groups is 8. The third-order valence-electron chi connectivity index (χ3n) is 16.5. The maximum atomic E-state index is 5.96. The summed E-state index contributed by atoms with van der Waals surface area (Å²) in [5, 5.41) is 6.75. The average molecular weight is 1230 g/mol. The van der Waals surface area contributed by atoms with Gasteiger partial charge in [0.05, 0.1) is 0 Å². The van der Waals surface area contributed by atoms with Gasteiger partial charge in [-0.05, 0) is 0 Å². The van der Waals surface area contributed by atoms with Crippen LogP contribution in [0, 0.1) is 0 Å². The first kappa shape index (κ1) is 42.4. The van der Waals surface area contributed by atoms with Crippen molar-refractivity contribution < 1.29 is 0 Å². The van der Waals surface area contributed by atoms with Gasteiger partial charge in [0.15, 0.2) is 0 Å². The first-order valence-corrected chi connectivity index (χ1v) is 32.8. The summed E-state index contributed by atoms with van der Waals surface area (Å²) < 4.78 is 9.74. The molecular weight excluding hydrogens is 1200 g/mol. The molecule has 12 aromatic rings. The predicted molar refractivity (Wildman–Crippen MR) is 316 cm³/mol. The Bertz CT molecular complexity index is 4990. The zero-order valence-electron chi connectivity index (χ0n) is 42.1. The first-order valence-electron chi connectivity index (χ1n) is 26.6. The second kappa shape index (κ2) is 14.9. The first-order chi connectivity index (χ1) is 40.2. The van der Waals surface area contributed by atoms with Gasteiger partial charge in [0.1, 0.15) is 0 Å². The fourth-order valence-electron chi connectivity index (χ4n) is 13.1. The molecule has 0 atom stereocenters. The Labute approximate surface area is 462 Å². The third-order valence-corrected chi connectivity index (χ3v) is 30.7. The van der Waals surface area contributed by atoms with Crippen molar-refractivity contribution in [2.24, 2.45) is 59.9 Å². The van der Waals surface area contributed by atoms with Gasteiger partial charge in [-0.1, -0.05) is 0 Å². The number of hydrogen-bond acceptors (Lipinski definition) is 12. The van der Waals surface area contributed by atoms with Crippen molar-refractivity contribution in [1.82, 2.24) is 10.0 Å². The molecule has 81 heavy (non-hydrogen) atoms. The van der Waals surface area contributed by atoms with Crippen molar-refractivity contribution in [3.8, 4) is 0 Å². The molecule has 12 heterocycles. The van der Waals surface area contributed by atoms with Crippen LogP contribution < -0.4 is 22.0 Å². The minimum atomic E-state index is -6.62. The van der Waals surface area contributed by atoms with Crippen LogP contribution in [0.4, 0.5) is 23.3 Å². The second-order valence-electron chi connectivity index (χ2n) is 20.7. The van der Waals surface area contributed by atoms with Crippen LogP contribution in [0.2, 0.25) is 0 Å². The molecular formula is C64H32BiN16. The zero-order valence-corrected chi connectivity index (χ0v) is 45.6. The van der Waals surface area contributed by atoms with E-state index in [-0.39, 0.29) is 0 Å². The number of hydrogen-bond donors (Lipinski definition) is 0. The minimum absolute atomic E-state index is 0.515. The monoisotopic (exact) mass is 1230 g/mol. The predicted octanol–water partition coefficient (Wildman–Crippen LogP) is 9.32. The van der Waals surface area contributed by atoms with Gasteiger partial charge in [0, 0.05) is 0 Å². The van der Waals surface area contributed by atoms with Gasteiger partial charge in [0.2, 0.25) is 0 Å². The van der Waals surface area contributed by atoms with Crippen LogP contribution in [0.25, 0.3) is 43.1 Å². The molecule has 8 aliphatic rings. The van der Waals surface area contributed by atoms with Crippen LogP contribution in [-0.4, -0.2) is 78.2 Å².